The minimum atomic E-state index is -3.95. The van der Waals surface area contributed by atoms with Gasteiger partial charge in [-0.2, -0.15) is 4.31 Å². The predicted octanol–water partition coefficient (Wildman–Crippen LogP) is 3.79. The molecule has 0 spiro atoms. The third kappa shape index (κ3) is 5.10. The van der Waals surface area contributed by atoms with Gasteiger partial charge in [0.15, 0.2) is 0 Å². The fourth-order valence-electron chi connectivity index (χ4n) is 2.26. The molecule has 0 aliphatic carbocycles. The molecule has 0 bridgehead atoms. The van der Waals surface area contributed by atoms with Crippen molar-refractivity contribution in [3.05, 3.63) is 52.3 Å². The molecule has 0 saturated carbocycles. The zero-order valence-corrected chi connectivity index (χ0v) is 16.8. The summed E-state index contributed by atoms with van der Waals surface area (Å²) in [7, 11) is -2.54. The minimum absolute atomic E-state index is 0.0591. The van der Waals surface area contributed by atoms with Crippen molar-refractivity contribution in [1.29, 1.82) is 0 Å². The normalized spacial score (nSPS) is 11.5. The van der Waals surface area contributed by atoms with Crippen molar-refractivity contribution in [2.24, 2.45) is 0 Å². The number of methoxy groups -OCH3 is 1. The number of carbonyl (C=O) groups is 1. The molecule has 2 aromatic rings. The number of hydrogen-bond acceptors (Lipinski definition) is 4. The van der Waals surface area contributed by atoms with Gasteiger partial charge in [0, 0.05) is 12.2 Å². The van der Waals surface area contributed by atoms with E-state index in [0.29, 0.717) is 5.75 Å². The van der Waals surface area contributed by atoms with Crippen molar-refractivity contribution in [1.82, 2.24) is 4.31 Å². The van der Waals surface area contributed by atoms with E-state index in [2.05, 4.69) is 5.32 Å². The Bertz CT molecular complexity index is 954. The Morgan fingerprint density at radius 1 is 1.19 bits per heavy atom. The molecule has 0 unspecified atom stereocenters. The summed E-state index contributed by atoms with van der Waals surface area (Å²) in [5, 5.41) is 2.47. The number of nitrogens with zero attached hydrogens (tertiary/aromatic N) is 1. The number of benzene rings is 2. The summed E-state index contributed by atoms with van der Waals surface area (Å²) in [6.07, 6.45) is 0. The van der Waals surface area contributed by atoms with Crippen LogP contribution in [-0.4, -0.2) is 38.8 Å². The van der Waals surface area contributed by atoms with Crippen molar-refractivity contribution in [2.75, 3.05) is 25.5 Å². The number of carbonyl (C=O) groups excluding carboxylic acids is 1. The monoisotopic (exact) mass is 434 g/mol. The molecule has 6 nitrogen and oxygen atoms in total. The molecule has 0 saturated heterocycles. The van der Waals surface area contributed by atoms with Crippen molar-refractivity contribution < 1.29 is 22.3 Å². The minimum Gasteiger partial charge on any atom is -0.495 e. The summed E-state index contributed by atoms with van der Waals surface area (Å²) < 4.78 is 44.7. The standard InChI is InChI=1S/C17H17Cl2FN2O4S/c1-3-22(10-17(23)21-11-4-6-15(20)13(18)8-11)27(24,25)12-5-7-16(26-2)14(19)9-12/h4-9H,3,10H2,1-2H3,(H,21,23). The van der Waals surface area contributed by atoms with E-state index in [1.807, 2.05) is 0 Å². The molecular formula is C17H17Cl2FN2O4S. The van der Waals surface area contributed by atoms with E-state index in [1.165, 1.54) is 37.4 Å². The Kier molecular flexibility index (Phi) is 7.05. The number of ether oxygens (including phenoxy) is 1. The lowest BCUT2D eigenvalue weighted by molar-refractivity contribution is -0.116. The smallest absolute Gasteiger partial charge is 0.243 e. The van der Waals surface area contributed by atoms with Crippen molar-refractivity contribution in [3.63, 3.8) is 0 Å². The fraction of sp³-hybridized carbons (Fsp3) is 0.235. The van der Waals surface area contributed by atoms with Crippen LogP contribution in [0.15, 0.2) is 41.3 Å². The summed E-state index contributed by atoms with van der Waals surface area (Å²) in [6, 6.07) is 7.71. The summed E-state index contributed by atoms with van der Waals surface area (Å²) in [4.78, 5) is 12.2. The SMILES string of the molecule is CCN(CC(=O)Nc1ccc(F)c(Cl)c1)S(=O)(=O)c1ccc(OC)c(Cl)c1. The average molecular weight is 435 g/mol. The van der Waals surface area contributed by atoms with Crippen molar-refractivity contribution in [2.45, 2.75) is 11.8 Å². The second kappa shape index (κ2) is 8.88. The molecule has 0 aliphatic rings. The number of rotatable bonds is 7. The van der Waals surface area contributed by atoms with Crippen LogP contribution in [0.2, 0.25) is 10.0 Å². The highest BCUT2D eigenvalue weighted by Gasteiger charge is 2.26. The molecule has 0 atom stereocenters. The number of nitrogens with one attached hydrogen (secondary N) is 1. The summed E-state index contributed by atoms with van der Waals surface area (Å²) >= 11 is 11.7. The molecular weight excluding hydrogens is 418 g/mol. The number of hydrogen-bond donors (Lipinski definition) is 1. The molecule has 0 fully saturated rings. The van der Waals surface area contributed by atoms with E-state index < -0.39 is 28.3 Å². The van der Waals surface area contributed by atoms with E-state index in [9.17, 15) is 17.6 Å². The van der Waals surface area contributed by atoms with Crippen molar-refractivity contribution >= 4 is 44.8 Å². The first-order valence-corrected chi connectivity index (χ1v) is 9.97. The van der Waals surface area contributed by atoms with Gasteiger partial charge in [-0.05, 0) is 36.4 Å². The van der Waals surface area contributed by atoms with E-state index in [4.69, 9.17) is 27.9 Å². The van der Waals surface area contributed by atoms with Crippen LogP contribution in [0.1, 0.15) is 6.92 Å². The van der Waals surface area contributed by atoms with Crippen LogP contribution in [0.25, 0.3) is 0 Å². The maximum Gasteiger partial charge on any atom is 0.243 e. The lowest BCUT2D eigenvalue weighted by Gasteiger charge is -2.20. The van der Waals surface area contributed by atoms with E-state index in [0.717, 1.165) is 10.4 Å². The largest absolute Gasteiger partial charge is 0.495 e. The van der Waals surface area contributed by atoms with Crippen molar-refractivity contribution in [3.8, 4) is 5.75 Å². The van der Waals surface area contributed by atoms with Gasteiger partial charge in [0.05, 0.1) is 28.6 Å². The summed E-state index contributed by atoms with van der Waals surface area (Å²) in [6.45, 7) is 1.23. The molecule has 0 radical (unpaired) electrons. The number of amides is 1. The summed E-state index contributed by atoms with van der Waals surface area (Å²) in [5.74, 6) is -0.879. The van der Waals surface area contributed by atoms with Gasteiger partial charge in [0.25, 0.3) is 0 Å². The van der Waals surface area contributed by atoms with Crippen LogP contribution >= 0.6 is 23.2 Å². The highest BCUT2D eigenvalue weighted by Crippen LogP contribution is 2.28. The van der Waals surface area contributed by atoms with Gasteiger partial charge in [0.2, 0.25) is 15.9 Å². The quantitative estimate of drug-likeness (QED) is 0.718. The first-order chi connectivity index (χ1) is 12.7. The Morgan fingerprint density at radius 2 is 1.89 bits per heavy atom. The van der Waals surface area contributed by atoms with Gasteiger partial charge in [-0.15, -0.1) is 0 Å². The number of likely N-dealkylation sites (N-methyl/N-ethyl adjacent to an activating group) is 1. The first-order valence-electron chi connectivity index (χ1n) is 7.77. The number of anilines is 1. The zero-order chi connectivity index (χ0) is 20.2. The van der Waals surface area contributed by atoms with E-state index in [-0.39, 0.29) is 27.2 Å². The highest BCUT2D eigenvalue weighted by molar-refractivity contribution is 7.89. The van der Waals surface area contributed by atoms with Crippen LogP contribution in [-0.2, 0) is 14.8 Å². The van der Waals surface area contributed by atoms with Gasteiger partial charge >= 0.3 is 0 Å². The molecule has 2 aromatic carbocycles. The second-order valence-electron chi connectivity index (χ2n) is 5.40. The van der Waals surface area contributed by atoms with Crippen LogP contribution < -0.4 is 10.1 Å². The maximum absolute atomic E-state index is 13.2. The van der Waals surface area contributed by atoms with Crippen LogP contribution in [0.3, 0.4) is 0 Å². The second-order valence-corrected chi connectivity index (χ2v) is 8.16. The lowest BCUT2D eigenvalue weighted by atomic mass is 10.3. The lowest BCUT2D eigenvalue weighted by Crippen LogP contribution is -2.37. The Labute approximate surface area is 166 Å². The number of halogens is 3. The van der Waals surface area contributed by atoms with E-state index in [1.54, 1.807) is 6.92 Å². The molecule has 10 heteroatoms. The molecule has 1 amide bonds. The van der Waals surface area contributed by atoms with E-state index >= 15 is 0 Å². The Balaban J connectivity index is 2.18. The molecule has 146 valence electrons. The summed E-state index contributed by atoms with van der Waals surface area (Å²) in [5.41, 5.74) is 0.257. The first kappa shape index (κ1) is 21.4. The zero-order valence-electron chi connectivity index (χ0n) is 14.5. The maximum atomic E-state index is 13.2. The molecule has 2 rings (SSSR count). The Hall–Kier alpha value is -1.87. The molecule has 0 heterocycles. The topological polar surface area (TPSA) is 75.7 Å². The van der Waals surface area contributed by atoms with Gasteiger partial charge in [-0.1, -0.05) is 30.1 Å². The third-order valence-corrected chi connectivity index (χ3v) is 6.14. The van der Waals surface area contributed by atoms with Gasteiger partial charge in [0.1, 0.15) is 11.6 Å². The molecule has 1 N–H and O–H groups in total. The highest BCUT2D eigenvalue weighted by atomic mass is 35.5. The molecule has 0 aromatic heterocycles. The van der Waals surface area contributed by atoms with Gasteiger partial charge in [-0.25, -0.2) is 12.8 Å². The average Bonchev–Trinajstić information content (AvgIpc) is 2.62. The fourth-order valence-corrected chi connectivity index (χ4v) is 4.19. The number of sulfonamides is 1. The molecule has 0 aliphatic heterocycles. The molecule has 27 heavy (non-hydrogen) atoms. The van der Waals surface area contributed by atoms with Crippen LogP contribution in [0.4, 0.5) is 10.1 Å². The predicted molar refractivity (Wildman–Crippen MR) is 102 cm³/mol. The van der Waals surface area contributed by atoms with Crippen LogP contribution in [0.5, 0.6) is 5.75 Å². The third-order valence-electron chi connectivity index (χ3n) is 3.64. The van der Waals surface area contributed by atoms with Gasteiger partial charge < -0.3 is 10.1 Å². The van der Waals surface area contributed by atoms with Gasteiger partial charge in [-0.3, -0.25) is 4.79 Å². The van der Waals surface area contributed by atoms with Crippen LogP contribution in [0, 0.1) is 5.82 Å². The Morgan fingerprint density at radius 3 is 2.44 bits per heavy atom.